The quantitative estimate of drug-likeness (QED) is 0.458. The van der Waals surface area contributed by atoms with Crippen LogP contribution in [-0.4, -0.2) is 18.7 Å². The van der Waals surface area contributed by atoms with Crippen molar-refractivity contribution >= 4 is 17.8 Å². The summed E-state index contributed by atoms with van der Waals surface area (Å²) < 4.78 is 38.1. The molecule has 0 heterocycles. The first-order valence-corrected chi connectivity index (χ1v) is 8.80. The van der Waals surface area contributed by atoms with Crippen LogP contribution in [0.1, 0.15) is 11.1 Å². The number of alkyl halides is 3. The molecular formula is C22H18F3N3O. The first-order valence-electron chi connectivity index (χ1n) is 8.80. The number of hydrogen-bond acceptors (Lipinski definition) is 3. The summed E-state index contributed by atoms with van der Waals surface area (Å²) in [6, 6.07) is 22.2. The van der Waals surface area contributed by atoms with Gasteiger partial charge < -0.3 is 5.32 Å². The van der Waals surface area contributed by atoms with Crippen molar-refractivity contribution in [3.63, 3.8) is 0 Å². The van der Waals surface area contributed by atoms with E-state index in [0.717, 1.165) is 28.8 Å². The van der Waals surface area contributed by atoms with Crippen LogP contribution in [0.3, 0.4) is 0 Å². The van der Waals surface area contributed by atoms with Gasteiger partial charge >= 0.3 is 6.18 Å². The van der Waals surface area contributed by atoms with Crippen LogP contribution in [0.2, 0.25) is 0 Å². The van der Waals surface area contributed by atoms with Gasteiger partial charge in [0, 0.05) is 5.69 Å². The highest BCUT2D eigenvalue weighted by molar-refractivity contribution is 5.84. The van der Waals surface area contributed by atoms with Gasteiger partial charge in [-0.1, -0.05) is 60.7 Å². The predicted octanol–water partition coefficient (Wildman–Crippen LogP) is 4.93. The number of hydrogen-bond donors (Lipinski definition) is 2. The molecule has 0 aliphatic rings. The molecule has 3 rings (SSSR count). The second-order valence-corrected chi connectivity index (χ2v) is 6.21. The molecule has 0 aromatic heterocycles. The molecule has 0 radical (unpaired) electrons. The Balaban J connectivity index is 1.50. The molecule has 0 unspecified atom stereocenters. The Morgan fingerprint density at radius 3 is 2.28 bits per heavy atom. The first-order chi connectivity index (χ1) is 13.9. The molecule has 3 aromatic carbocycles. The summed E-state index contributed by atoms with van der Waals surface area (Å²) in [6.07, 6.45) is -2.93. The summed E-state index contributed by atoms with van der Waals surface area (Å²) >= 11 is 0. The standard InChI is InChI=1S/C22H18F3N3O/c23-22(24,25)19-7-4-8-20(13-19)26-15-21(29)28-27-14-16-9-11-18(12-10-16)17-5-2-1-3-6-17/h1-14,26H,15H2,(H,28,29)/b27-14-. The maximum Gasteiger partial charge on any atom is 0.416 e. The largest absolute Gasteiger partial charge is 0.416 e. The molecule has 3 aromatic rings. The van der Waals surface area contributed by atoms with Crippen LogP contribution in [0.5, 0.6) is 0 Å². The minimum absolute atomic E-state index is 0.203. The van der Waals surface area contributed by atoms with E-state index in [1.807, 2.05) is 54.6 Å². The Hall–Kier alpha value is -3.61. The molecule has 0 aliphatic carbocycles. The molecule has 29 heavy (non-hydrogen) atoms. The molecule has 0 atom stereocenters. The molecular weight excluding hydrogens is 379 g/mol. The number of carbonyl (C=O) groups excluding carboxylic acids is 1. The maximum absolute atomic E-state index is 12.7. The normalized spacial score (nSPS) is 11.4. The van der Waals surface area contributed by atoms with Gasteiger partial charge in [0.2, 0.25) is 0 Å². The van der Waals surface area contributed by atoms with Crippen molar-refractivity contribution in [3.8, 4) is 11.1 Å². The lowest BCUT2D eigenvalue weighted by molar-refractivity contribution is -0.137. The van der Waals surface area contributed by atoms with Crippen LogP contribution >= 0.6 is 0 Å². The summed E-state index contributed by atoms with van der Waals surface area (Å²) in [6.45, 7) is -0.203. The van der Waals surface area contributed by atoms with E-state index in [2.05, 4.69) is 15.8 Å². The monoisotopic (exact) mass is 397 g/mol. The van der Waals surface area contributed by atoms with E-state index in [-0.39, 0.29) is 12.2 Å². The number of nitrogens with zero attached hydrogens (tertiary/aromatic N) is 1. The SMILES string of the molecule is O=C(CNc1cccc(C(F)(F)F)c1)N/N=C\c1ccc(-c2ccccc2)cc1. The Labute approximate surface area is 166 Å². The Morgan fingerprint density at radius 2 is 1.59 bits per heavy atom. The second-order valence-electron chi connectivity index (χ2n) is 6.21. The van der Waals surface area contributed by atoms with Gasteiger partial charge in [0.05, 0.1) is 18.3 Å². The Bertz CT molecular complexity index is 984. The molecule has 0 saturated carbocycles. The number of anilines is 1. The topological polar surface area (TPSA) is 53.5 Å². The van der Waals surface area contributed by atoms with Gasteiger partial charge in [-0.25, -0.2) is 5.43 Å². The lowest BCUT2D eigenvalue weighted by Gasteiger charge is -2.10. The summed E-state index contributed by atoms with van der Waals surface area (Å²) in [4.78, 5) is 11.8. The molecule has 2 N–H and O–H groups in total. The molecule has 0 spiro atoms. The average molecular weight is 397 g/mol. The van der Waals surface area contributed by atoms with Crippen LogP contribution < -0.4 is 10.7 Å². The van der Waals surface area contributed by atoms with E-state index in [9.17, 15) is 18.0 Å². The van der Waals surface area contributed by atoms with E-state index in [0.29, 0.717) is 0 Å². The highest BCUT2D eigenvalue weighted by Crippen LogP contribution is 2.30. The number of benzene rings is 3. The third kappa shape index (κ3) is 5.93. The second kappa shape index (κ2) is 9.05. The number of halogens is 3. The smallest absolute Gasteiger partial charge is 0.376 e. The third-order valence-corrected chi connectivity index (χ3v) is 4.06. The van der Waals surface area contributed by atoms with E-state index in [4.69, 9.17) is 0 Å². The maximum atomic E-state index is 12.7. The summed E-state index contributed by atoms with van der Waals surface area (Å²) in [5.41, 5.74) is 4.73. The highest BCUT2D eigenvalue weighted by atomic mass is 19.4. The lowest BCUT2D eigenvalue weighted by atomic mass is 10.0. The molecule has 148 valence electrons. The molecule has 0 fully saturated rings. The third-order valence-electron chi connectivity index (χ3n) is 4.06. The van der Waals surface area contributed by atoms with Gasteiger partial charge in [0.15, 0.2) is 0 Å². The van der Waals surface area contributed by atoms with Gasteiger partial charge in [-0.3, -0.25) is 4.79 Å². The minimum atomic E-state index is -4.43. The number of rotatable bonds is 6. The fourth-order valence-corrected chi connectivity index (χ4v) is 2.60. The van der Waals surface area contributed by atoms with E-state index in [1.165, 1.54) is 18.3 Å². The van der Waals surface area contributed by atoms with Gasteiger partial charge in [0.1, 0.15) is 0 Å². The summed E-state index contributed by atoms with van der Waals surface area (Å²) in [5, 5.41) is 6.51. The van der Waals surface area contributed by atoms with Crippen LogP contribution in [0.4, 0.5) is 18.9 Å². The average Bonchev–Trinajstić information content (AvgIpc) is 2.73. The zero-order chi connectivity index (χ0) is 20.7. The van der Waals surface area contributed by atoms with Crippen molar-refractivity contribution in [1.29, 1.82) is 0 Å². The molecule has 0 saturated heterocycles. The van der Waals surface area contributed by atoms with Crippen molar-refractivity contribution in [1.82, 2.24) is 5.43 Å². The van der Waals surface area contributed by atoms with Crippen molar-refractivity contribution < 1.29 is 18.0 Å². The van der Waals surface area contributed by atoms with Crippen LogP contribution in [0.25, 0.3) is 11.1 Å². The van der Waals surface area contributed by atoms with E-state index >= 15 is 0 Å². The number of hydrazone groups is 1. The van der Waals surface area contributed by atoms with E-state index in [1.54, 1.807) is 0 Å². The summed E-state index contributed by atoms with van der Waals surface area (Å²) in [7, 11) is 0. The minimum Gasteiger partial charge on any atom is -0.376 e. The van der Waals surface area contributed by atoms with Gasteiger partial charge in [0.25, 0.3) is 5.91 Å². The molecule has 7 heteroatoms. The molecule has 0 aliphatic heterocycles. The number of amides is 1. The van der Waals surface area contributed by atoms with Gasteiger partial charge in [-0.15, -0.1) is 0 Å². The zero-order valence-electron chi connectivity index (χ0n) is 15.3. The van der Waals surface area contributed by atoms with Crippen molar-refractivity contribution in [2.75, 3.05) is 11.9 Å². The van der Waals surface area contributed by atoms with Crippen molar-refractivity contribution in [3.05, 3.63) is 90.0 Å². The van der Waals surface area contributed by atoms with Crippen molar-refractivity contribution in [2.45, 2.75) is 6.18 Å². The first kappa shape index (κ1) is 20.1. The Morgan fingerprint density at radius 1 is 0.897 bits per heavy atom. The molecule has 0 bridgehead atoms. The van der Waals surface area contributed by atoms with Crippen molar-refractivity contribution in [2.24, 2.45) is 5.10 Å². The van der Waals surface area contributed by atoms with Crippen LogP contribution in [0.15, 0.2) is 84.0 Å². The lowest BCUT2D eigenvalue weighted by Crippen LogP contribution is -2.26. The van der Waals surface area contributed by atoms with Gasteiger partial charge in [-0.2, -0.15) is 18.3 Å². The molecule has 1 amide bonds. The zero-order valence-corrected chi connectivity index (χ0v) is 15.3. The Kier molecular flexibility index (Phi) is 6.29. The number of carbonyl (C=O) groups is 1. The highest BCUT2D eigenvalue weighted by Gasteiger charge is 2.30. The number of nitrogens with one attached hydrogen (secondary N) is 2. The van der Waals surface area contributed by atoms with E-state index < -0.39 is 17.6 Å². The fourth-order valence-electron chi connectivity index (χ4n) is 2.60. The van der Waals surface area contributed by atoms with Crippen LogP contribution in [0, 0.1) is 0 Å². The molecule has 4 nitrogen and oxygen atoms in total. The predicted molar refractivity (Wildman–Crippen MR) is 108 cm³/mol. The van der Waals surface area contributed by atoms with Gasteiger partial charge in [-0.05, 0) is 34.9 Å². The fraction of sp³-hybridized carbons (Fsp3) is 0.0909. The summed E-state index contributed by atoms with van der Waals surface area (Å²) in [5.74, 6) is -0.473. The van der Waals surface area contributed by atoms with Crippen LogP contribution in [-0.2, 0) is 11.0 Å².